The van der Waals surface area contributed by atoms with Crippen LogP contribution >= 0.6 is 34.5 Å². The summed E-state index contributed by atoms with van der Waals surface area (Å²) < 4.78 is 1.62. The van der Waals surface area contributed by atoms with Crippen molar-refractivity contribution in [3.8, 4) is 0 Å². The van der Waals surface area contributed by atoms with Crippen molar-refractivity contribution in [2.75, 3.05) is 5.32 Å². The van der Waals surface area contributed by atoms with E-state index in [-0.39, 0.29) is 11.6 Å². The van der Waals surface area contributed by atoms with Crippen LogP contribution in [0.3, 0.4) is 0 Å². The van der Waals surface area contributed by atoms with E-state index in [1.165, 1.54) is 16.8 Å². The minimum atomic E-state index is -0.375. The van der Waals surface area contributed by atoms with E-state index in [4.69, 9.17) is 23.2 Å². The summed E-state index contributed by atoms with van der Waals surface area (Å²) in [5.74, 6) is -0.375. The molecular formula is C13H10Cl2N6OS. The minimum absolute atomic E-state index is 0.236. The van der Waals surface area contributed by atoms with Gasteiger partial charge in [0.05, 0.1) is 22.3 Å². The van der Waals surface area contributed by atoms with Crippen LogP contribution in [0.25, 0.3) is 0 Å². The van der Waals surface area contributed by atoms with E-state index in [1.54, 1.807) is 23.7 Å². The summed E-state index contributed by atoms with van der Waals surface area (Å²) in [7, 11) is 0. The molecule has 0 spiro atoms. The molecule has 1 aromatic carbocycles. The second-order valence-corrected chi connectivity index (χ2v) is 6.28. The number of amides is 1. The van der Waals surface area contributed by atoms with Crippen LogP contribution in [0.4, 0.5) is 5.13 Å². The Kier molecular flexibility index (Phi) is 4.56. The molecule has 0 bridgehead atoms. The Hall–Kier alpha value is -2.03. The molecule has 0 saturated heterocycles. The third-order valence-corrected chi connectivity index (χ3v) is 4.44. The molecule has 10 heteroatoms. The average molecular weight is 369 g/mol. The van der Waals surface area contributed by atoms with Crippen molar-refractivity contribution in [1.82, 2.24) is 25.2 Å². The molecule has 0 aliphatic heterocycles. The monoisotopic (exact) mass is 368 g/mol. The van der Waals surface area contributed by atoms with E-state index in [0.717, 1.165) is 5.56 Å². The highest BCUT2D eigenvalue weighted by molar-refractivity contribution is 7.13. The first-order chi connectivity index (χ1) is 11.0. The van der Waals surface area contributed by atoms with Crippen molar-refractivity contribution in [1.29, 1.82) is 0 Å². The van der Waals surface area contributed by atoms with Crippen LogP contribution in [0.5, 0.6) is 0 Å². The number of hydrogen-bond donors (Lipinski definition) is 1. The number of anilines is 1. The van der Waals surface area contributed by atoms with Gasteiger partial charge in [-0.3, -0.25) is 10.1 Å². The van der Waals surface area contributed by atoms with Crippen molar-refractivity contribution in [3.05, 3.63) is 50.7 Å². The molecule has 0 saturated carbocycles. The molecule has 0 radical (unpaired) electrons. The summed E-state index contributed by atoms with van der Waals surface area (Å²) in [5.41, 5.74) is 3.31. The minimum Gasteiger partial charge on any atom is -0.295 e. The number of carbonyl (C=O) groups excluding carboxylic acids is 1. The van der Waals surface area contributed by atoms with Crippen LogP contribution < -0.4 is 5.32 Å². The van der Waals surface area contributed by atoms with Gasteiger partial charge in [-0.2, -0.15) is 0 Å². The number of benzene rings is 1. The first-order valence-corrected chi connectivity index (χ1v) is 8.09. The summed E-state index contributed by atoms with van der Waals surface area (Å²) in [4.78, 5) is 12.2. The Morgan fingerprint density at radius 2 is 2.13 bits per heavy atom. The number of rotatable bonds is 4. The Morgan fingerprint density at radius 3 is 2.83 bits per heavy atom. The summed E-state index contributed by atoms with van der Waals surface area (Å²) in [6.45, 7) is 2.20. The Labute approximate surface area is 145 Å². The number of nitrogens with one attached hydrogen (secondary N) is 1. The highest BCUT2D eigenvalue weighted by atomic mass is 35.5. The molecule has 1 amide bonds. The number of hydrogen-bond acceptors (Lipinski definition) is 6. The lowest BCUT2D eigenvalue weighted by Gasteiger charge is -2.05. The van der Waals surface area contributed by atoms with Gasteiger partial charge in [-0.1, -0.05) is 45.8 Å². The molecule has 0 fully saturated rings. The second-order valence-electron chi connectivity index (χ2n) is 4.63. The molecule has 0 unspecified atom stereocenters. The van der Waals surface area contributed by atoms with Gasteiger partial charge >= 0.3 is 0 Å². The number of carbonyl (C=O) groups is 1. The molecule has 3 rings (SSSR count). The highest BCUT2D eigenvalue weighted by Gasteiger charge is 2.17. The zero-order chi connectivity index (χ0) is 16.4. The van der Waals surface area contributed by atoms with Crippen LogP contribution in [0.2, 0.25) is 10.0 Å². The topological polar surface area (TPSA) is 85.6 Å². The lowest BCUT2D eigenvalue weighted by atomic mass is 10.2. The summed E-state index contributed by atoms with van der Waals surface area (Å²) in [5, 5.41) is 19.3. The Bertz CT molecular complexity index is 848. The van der Waals surface area contributed by atoms with Crippen molar-refractivity contribution in [2.24, 2.45) is 0 Å². The Morgan fingerprint density at radius 1 is 1.30 bits per heavy atom. The van der Waals surface area contributed by atoms with Gasteiger partial charge in [0.25, 0.3) is 5.91 Å². The van der Waals surface area contributed by atoms with Crippen molar-refractivity contribution < 1.29 is 4.79 Å². The van der Waals surface area contributed by atoms with Crippen LogP contribution in [0, 0.1) is 6.92 Å². The molecule has 23 heavy (non-hydrogen) atoms. The maximum Gasteiger partial charge on any atom is 0.279 e. The highest BCUT2D eigenvalue weighted by Crippen LogP contribution is 2.23. The largest absolute Gasteiger partial charge is 0.295 e. The zero-order valence-electron chi connectivity index (χ0n) is 11.8. The van der Waals surface area contributed by atoms with Gasteiger partial charge < -0.3 is 0 Å². The van der Waals surface area contributed by atoms with Gasteiger partial charge in [-0.15, -0.1) is 15.3 Å². The van der Waals surface area contributed by atoms with Crippen LogP contribution in [-0.2, 0) is 6.54 Å². The lowest BCUT2D eigenvalue weighted by molar-refractivity contribution is 0.102. The summed E-state index contributed by atoms with van der Waals surface area (Å²) in [6.07, 6.45) is 0. The van der Waals surface area contributed by atoms with E-state index in [0.29, 0.717) is 27.4 Å². The fourth-order valence-corrected chi connectivity index (χ4v) is 2.68. The van der Waals surface area contributed by atoms with E-state index >= 15 is 0 Å². The molecule has 3 aromatic rings. The van der Waals surface area contributed by atoms with E-state index in [9.17, 15) is 4.79 Å². The predicted octanol–water partition coefficient (Wildman–Crippen LogP) is 3.05. The van der Waals surface area contributed by atoms with Gasteiger partial charge in [0, 0.05) is 0 Å². The first kappa shape index (κ1) is 15.9. The predicted molar refractivity (Wildman–Crippen MR) is 88.2 cm³/mol. The van der Waals surface area contributed by atoms with Crippen molar-refractivity contribution >= 4 is 45.6 Å². The summed E-state index contributed by atoms with van der Waals surface area (Å²) in [6, 6.07) is 5.32. The molecular weight excluding hydrogens is 359 g/mol. The molecule has 2 aromatic heterocycles. The van der Waals surface area contributed by atoms with Gasteiger partial charge in [-0.05, 0) is 24.6 Å². The molecule has 1 N–H and O–H groups in total. The van der Waals surface area contributed by atoms with Crippen LogP contribution in [0.1, 0.15) is 21.7 Å². The normalized spacial score (nSPS) is 10.7. The fourth-order valence-electron chi connectivity index (χ4n) is 1.92. The first-order valence-electron chi connectivity index (χ1n) is 6.46. The number of halogens is 2. The van der Waals surface area contributed by atoms with Gasteiger partial charge in [0.1, 0.15) is 5.51 Å². The molecule has 7 nitrogen and oxygen atoms in total. The van der Waals surface area contributed by atoms with Crippen molar-refractivity contribution in [2.45, 2.75) is 13.5 Å². The van der Waals surface area contributed by atoms with E-state index < -0.39 is 0 Å². The molecule has 118 valence electrons. The Balaban J connectivity index is 1.78. The zero-order valence-corrected chi connectivity index (χ0v) is 14.2. The molecule has 2 heterocycles. The summed E-state index contributed by atoms with van der Waals surface area (Å²) >= 11 is 13.1. The number of aromatic nitrogens is 5. The van der Waals surface area contributed by atoms with Crippen molar-refractivity contribution in [3.63, 3.8) is 0 Å². The molecule has 0 atom stereocenters. The third kappa shape index (κ3) is 3.49. The standard InChI is InChI=1S/C13H10Cl2N6OS/c1-7-11(12(22)17-13-19-16-6-23-13)18-20-21(7)5-8-2-3-9(14)10(15)4-8/h2-4,6H,5H2,1H3,(H,17,19,22). The maximum atomic E-state index is 12.2. The quantitative estimate of drug-likeness (QED) is 0.764. The maximum absolute atomic E-state index is 12.2. The lowest BCUT2D eigenvalue weighted by Crippen LogP contribution is -2.14. The van der Waals surface area contributed by atoms with Gasteiger partial charge in [0.2, 0.25) is 5.13 Å². The van der Waals surface area contributed by atoms with Crippen LogP contribution in [0.15, 0.2) is 23.7 Å². The van der Waals surface area contributed by atoms with Gasteiger partial charge in [0.15, 0.2) is 5.69 Å². The number of nitrogens with zero attached hydrogens (tertiary/aromatic N) is 5. The molecule has 0 aliphatic rings. The van der Waals surface area contributed by atoms with Gasteiger partial charge in [-0.25, -0.2) is 4.68 Å². The third-order valence-electron chi connectivity index (χ3n) is 3.09. The van der Waals surface area contributed by atoms with E-state index in [1.807, 2.05) is 6.07 Å². The van der Waals surface area contributed by atoms with Crippen LogP contribution in [-0.4, -0.2) is 31.1 Å². The average Bonchev–Trinajstić information content (AvgIpc) is 3.14. The second kappa shape index (κ2) is 6.61. The fraction of sp³-hybridized carbons (Fsp3) is 0.154. The molecule has 0 aliphatic carbocycles. The smallest absolute Gasteiger partial charge is 0.279 e. The SMILES string of the molecule is Cc1c(C(=O)Nc2nncs2)nnn1Cc1ccc(Cl)c(Cl)c1. The van der Waals surface area contributed by atoms with E-state index in [2.05, 4.69) is 25.8 Å².